The number of alkyl halides is 4. The molecule has 6 rings (SSSR count). The first-order valence-corrected chi connectivity index (χ1v) is 37.4. The smallest absolute Gasteiger partial charge is 0.343 e. The van der Waals surface area contributed by atoms with E-state index in [0.29, 0.717) is 64.0 Å². The summed E-state index contributed by atoms with van der Waals surface area (Å²) in [4.78, 5) is 190. The summed E-state index contributed by atoms with van der Waals surface area (Å²) in [5, 5.41) is 7.58. The highest BCUT2D eigenvalue weighted by molar-refractivity contribution is 6.21. The molecule has 3 heterocycles. The number of piperidine rings is 1. The number of halogens is 4. The van der Waals surface area contributed by atoms with Crippen LogP contribution < -0.4 is 16.0 Å². The molecule has 3 aliphatic heterocycles. The minimum absolute atomic E-state index is 0.00165. The normalized spacial score (nSPS) is 30.6. The van der Waals surface area contributed by atoms with Gasteiger partial charge in [-0.1, -0.05) is 99.8 Å². The SMILES string of the molecule is CC[C@H](C)[C@@H]1NC(=O)[C@H](CC(C)C)N(C)C(=O)C[C@@H](C(=O)N2CCCCC2)N(C)C(=O)[C@H]([C@@H](C)CC)N(C)C(=O)C2(CCCC2)NC(=O)[C@@H]2CCCN2C(=O)[C@H](CCC2CCC(C(F)(F)F)C(Cl)C2)NC(=O)CN(C)C(=O)[C@H](CC2CCC(C)CC2)N(C)C(=O)CN(C)C(=O)CN(C)C1=O. The van der Waals surface area contributed by atoms with E-state index in [0.717, 1.165) is 46.8 Å². The first-order chi connectivity index (χ1) is 47.0. The van der Waals surface area contributed by atoms with E-state index in [1.54, 1.807) is 18.7 Å². The predicted molar refractivity (Wildman–Crippen MR) is 372 cm³/mol. The molecular weight excluding hydrogens is 1320 g/mol. The average molecular weight is 1440 g/mol. The van der Waals surface area contributed by atoms with Gasteiger partial charge in [0.05, 0.1) is 32.0 Å². The molecule has 24 nitrogen and oxygen atoms in total. The van der Waals surface area contributed by atoms with Crippen LogP contribution in [0.3, 0.4) is 0 Å². The number of carbonyl (C=O) groups excluding carboxylic acids is 12. The summed E-state index contributed by atoms with van der Waals surface area (Å²) in [5.74, 6) is -10.4. The van der Waals surface area contributed by atoms with Gasteiger partial charge in [0.25, 0.3) is 0 Å². The molecule has 3 saturated carbocycles. The van der Waals surface area contributed by atoms with E-state index in [4.69, 9.17) is 11.6 Å². The first kappa shape index (κ1) is 82.7. The van der Waals surface area contributed by atoms with Gasteiger partial charge in [0, 0.05) is 74.3 Å². The Labute approximate surface area is 596 Å². The van der Waals surface area contributed by atoms with Crippen LogP contribution in [-0.4, -0.2) is 263 Å². The maximum atomic E-state index is 15.5. The molecule has 6 aliphatic rings. The zero-order chi connectivity index (χ0) is 74.4. The monoisotopic (exact) mass is 1430 g/mol. The number of nitrogens with one attached hydrogen (secondary N) is 3. The second kappa shape index (κ2) is 36.7. The van der Waals surface area contributed by atoms with Gasteiger partial charge in [-0.05, 0) is 125 Å². The van der Waals surface area contributed by atoms with E-state index in [-0.39, 0.29) is 88.5 Å². The van der Waals surface area contributed by atoms with Crippen LogP contribution in [0.1, 0.15) is 196 Å². The van der Waals surface area contributed by atoms with Gasteiger partial charge in [-0.3, -0.25) is 57.5 Å². The lowest BCUT2D eigenvalue weighted by Gasteiger charge is -2.42. The van der Waals surface area contributed by atoms with E-state index in [2.05, 4.69) is 22.9 Å². The summed E-state index contributed by atoms with van der Waals surface area (Å²) in [7, 11) is 9.98. The van der Waals surface area contributed by atoms with Crippen molar-refractivity contribution in [3.8, 4) is 0 Å². The number of hydrogen-bond donors (Lipinski definition) is 3. The summed E-state index contributed by atoms with van der Waals surface area (Å²) < 4.78 is 42.0. The number of likely N-dealkylation sites (N-methyl/N-ethyl adjacent to an activating group) is 7. The zero-order valence-corrected chi connectivity index (χ0v) is 62.9. The Morgan fingerprint density at radius 1 is 0.590 bits per heavy atom. The molecule has 1 spiro atoms. The molecule has 12 atom stereocenters. The lowest BCUT2D eigenvalue weighted by molar-refractivity contribution is -0.182. The van der Waals surface area contributed by atoms with Crippen molar-refractivity contribution in [2.24, 2.45) is 41.4 Å². The van der Waals surface area contributed by atoms with Crippen LogP contribution in [0, 0.1) is 41.4 Å². The molecule has 3 N–H and O–H groups in total. The molecule has 3 saturated heterocycles. The van der Waals surface area contributed by atoms with E-state index < -0.39 is 174 Å². The fourth-order valence-electron chi connectivity index (χ4n) is 15.8. The van der Waals surface area contributed by atoms with E-state index >= 15 is 24.0 Å². The molecule has 28 heteroatoms. The second-order valence-electron chi connectivity index (χ2n) is 30.9. The lowest BCUT2D eigenvalue weighted by atomic mass is 9.78. The minimum atomic E-state index is -4.51. The van der Waals surface area contributed by atoms with Crippen molar-refractivity contribution in [3.63, 3.8) is 0 Å². The number of carbonyl (C=O) groups is 12. The highest BCUT2D eigenvalue weighted by Gasteiger charge is 2.52. The Morgan fingerprint density at radius 3 is 1.77 bits per heavy atom. The van der Waals surface area contributed by atoms with Crippen molar-refractivity contribution < 1.29 is 70.7 Å². The molecular formula is C72H118ClF3N12O12. The number of fused-ring (bicyclic) bond motifs is 1. The summed E-state index contributed by atoms with van der Waals surface area (Å²) in [6, 6.07) is -8.64. The Balaban J connectivity index is 1.42. The third kappa shape index (κ3) is 21.0. The molecule has 566 valence electrons. The third-order valence-electron chi connectivity index (χ3n) is 23.0. The molecule has 0 radical (unpaired) electrons. The Kier molecular flexibility index (Phi) is 30.4. The van der Waals surface area contributed by atoms with Crippen molar-refractivity contribution in [3.05, 3.63) is 0 Å². The standard InChI is InChI=1S/C72H118ClF3N12O12/c1-15-46(6)61-68(98)82(10)42-59(91)80(8)43-60(92)84(12)55(39-49-26-24-45(5)25-27-49)66(96)81(9)41-57(89)77-52(31-29-48-28-30-50(51(73)38-48)72(74,75)76)65(95)88-36-22-23-53(88)64(94)79-71(32-18-19-33-71)70(100)86(14)62(47(7)16-2)69(99)85(13)56(67(97)87-34-20-17-21-35-87)40-58(90)83(11)54(37-44(3)4)63(93)78-61/h44-56,61-62H,15-43H2,1-14H3,(H,77,89)(H,78,93)(H,79,94)/t45?,46-,47-,48?,49?,50?,51?,52-,53-,54-,55-,56-,61-,62-/m0/s1. The number of rotatable bonds is 12. The molecule has 3 unspecified atom stereocenters. The first-order valence-electron chi connectivity index (χ1n) is 37.0. The van der Waals surface area contributed by atoms with Crippen LogP contribution in [0.15, 0.2) is 0 Å². The van der Waals surface area contributed by atoms with Crippen LogP contribution in [-0.2, 0) is 57.5 Å². The second-order valence-corrected chi connectivity index (χ2v) is 31.4. The number of amides is 12. The van der Waals surface area contributed by atoms with E-state index in [9.17, 15) is 46.7 Å². The van der Waals surface area contributed by atoms with Crippen LogP contribution in [0.4, 0.5) is 13.2 Å². The lowest BCUT2D eigenvalue weighted by Crippen LogP contribution is -2.65. The van der Waals surface area contributed by atoms with E-state index in [1.165, 1.54) is 73.8 Å². The predicted octanol–water partition coefficient (Wildman–Crippen LogP) is 6.20. The Morgan fingerprint density at radius 2 is 1.18 bits per heavy atom. The molecule has 100 heavy (non-hydrogen) atoms. The van der Waals surface area contributed by atoms with Gasteiger partial charge in [0.15, 0.2) is 0 Å². The number of likely N-dealkylation sites (tertiary alicyclic amines) is 1. The number of nitrogens with zero attached hydrogens (tertiary/aromatic N) is 9. The maximum Gasteiger partial charge on any atom is 0.393 e. The van der Waals surface area contributed by atoms with Gasteiger partial charge in [-0.25, -0.2) is 0 Å². The Hall–Kier alpha value is -6.28. The van der Waals surface area contributed by atoms with Gasteiger partial charge >= 0.3 is 6.18 Å². The zero-order valence-electron chi connectivity index (χ0n) is 62.1. The minimum Gasteiger partial charge on any atom is -0.343 e. The largest absolute Gasteiger partial charge is 0.393 e. The molecule has 0 aromatic rings. The van der Waals surface area contributed by atoms with Crippen LogP contribution >= 0.6 is 11.6 Å². The molecule has 6 fully saturated rings. The molecule has 0 bridgehead atoms. The van der Waals surface area contributed by atoms with Gasteiger partial charge in [0.2, 0.25) is 70.9 Å². The summed E-state index contributed by atoms with van der Waals surface area (Å²) in [6.07, 6.45) is 3.59. The van der Waals surface area contributed by atoms with Crippen LogP contribution in [0.25, 0.3) is 0 Å². The quantitative estimate of drug-likeness (QED) is 0.185. The summed E-state index contributed by atoms with van der Waals surface area (Å²) in [6.45, 7) is 12.3. The maximum absolute atomic E-state index is 15.5. The van der Waals surface area contributed by atoms with Crippen LogP contribution in [0.5, 0.6) is 0 Å². The van der Waals surface area contributed by atoms with Crippen molar-refractivity contribution in [2.75, 3.05) is 88.6 Å². The molecule has 0 aromatic heterocycles. The topological polar surface area (TPSA) is 270 Å². The fourth-order valence-corrected chi connectivity index (χ4v) is 16.4. The van der Waals surface area contributed by atoms with Crippen molar-refractivity contribution in [1.82, 2.24) is 60.0 Å². The summed E-state index contributed by atoms with van der Waals surface area (Å²) >= 11 is 6.40. The molecule has 0 aromatic carbocycles. The fraction of sp³-hybridized carbons (Fsp3) is 0.833. The number of hydrogen-bond acceptors (Lipinski definition) is 12. The highest BCUT2D eigenvalue weighted by atomic mass is 35.5. The summed E-state index contributed by atoms with van der Waals surface area (Å²) in [5.41, 5.74) is -1.57. The van der Waals surface area contributed by atoms with Crippen molar-refractivity contribution in [1.29, 1.82) is 0 Å². The van der Waals surface area contributed by atoms with Gasteiger partial charge in [-0.2, -0.15) is 13.2 Å². The van der Waals surface area contributed by atoms with Crippen molar-refractivity contribution >= 4 is 82.5 Å². The van der Waals surface area contributed by atoms with Gasteiger partial charge < -0.3 is 60.0 Å². The average Bonchev–Trinajstić information content (AvgIpc) is 1.24. The highest BCUT2D eigenvalue weighted by Crippen LogP contribution is 2.44. The van der Waals surface area contributed by atoms with Crippen LogP contribution in [0.2, 0.25) is 0 Å². The van der Waals surface area contributed by atoms with Crippen molar-refractivity contribution in [2.45, 2.75) is 256 Å². The molecule has 12 amide bonds. The Bertz CT molecular complexity index is 2890. The van der Waals surface area contributed by atoms with Gasteiger partial charge in [-0.15, -0.1) is 11.6 Å². The third-order valence-corrected chi connectivity index (χ3v) is 23.4. The van der Waals surface area contributed by atoms with Gasteiger partial charge in [0.1, 0.15) is 47.8 Å². The van der Waals surface area contributed by atoms with E-state index in [1.807, 2.05) is 27.7 Å². The molecule has 3 aliphatic carbocycles.